The van der Waals surface area contributed by atoms with Crippen LogP contribution < -0.4 is 9.47 Å². The van der Waals surface area contributed by atoms with Gasteiger partial charge in [-0.15, -0.1) is 0 Å². The average Bonchev–Trinajstić information content (AvgIpc) is 2.48. The van der Waals surface area contributed by atoms with Crippen molar-refractivity contribution in [2.24, 2.45) is 0 Å². The van der Waals surface area contributed by atoms with E-state index < -0.39 is 0 Å². The molecule has 2 rings (SSSR count). The van der Waals surface area contributed by atoms with Crippen LogP contribution in [0.2, 0.25) is 0 Å². The minimum absolute atomic E-state index is 0.182. The molecule has 20 heavy (non-hydrogen) atoms. The summed E-state index contributed by atoms with van der Waals surface area (Å²) < 4.78 is 11.0. The molecule has 0 saturated heterocycles. The minimum Gasteiger partial charge on any atom is -0.493 e. The Labute approximate surface area is 119 Å². The molecule has 3 heteroatoms. The molecular formula is C17H20O3. The number of ether oxygens (including phenoxy) is 2. The molecule has 0 aliphatic rings. The number of hydrogen-bond donors (Lipinski definition) is 1. The van der Waals surface area contributed by atoms with Crippen molar-refractivity contribution >= 4 is 0 Å². The van der Waals surface area contributed by atoms with E-state index in [1.807, 2.05) is 36.4 Å². The fourth-order valence-electron chi connectivity index (χ4n) is 2.09. The molecule has 0 aliphatic carbocycles. The summed E-state index contributed by atoms with van der Waals surface area (Å²) in [5, 5.41) is 8.95. The first kappa shape index (κ1) is 14.4. The molecule has 0 amide bonds. The highest BCUT2D eigenvalue weighted by Crippen LogP contribution is 2.25. The van der Waals surface area contributed by atoms with Crippen molar-refractivity contribution in [3.8, 4) is 11.5 Å². The summed E-state index contributed by atoms with van der Waals surface area (Å²) in [5.74, 6) is 1.52. The number of aliphatic hydroxyl groups is 1. The van der Waals surface area contributed by atoms with Crippen molar-refractivity contribution in [2.75, 3.05) is 20.3 Å². The van der Waals surface area contributed by atoms with Crippen LogP contribution in [0.25, 0.3) is 0 Å². The van der Waals surface area contributed by atoms with Gasteiger partial charge in [0, 0.05) is 13.0 Å². The normalized spacial score (nSPS) is 10.3. The third-order valence-electron chi connectivity index (χ3n) is 3.11. The molecule has 1 N–H and O–H groups in total. The van der Waals surface area contributed by atoms with Gasteiger partial charge < -0.3 is 14.6 Å². The quantitative estimate of drug-likeness (QED) is 0.842. The van der Waals surface area contributed by atoms with E-state index in [1.54, 1.807) is 7.11 Å². The first-order valence-electron chi connectivity index (χ1n) is 6.78. The second-order valence-electron chi connectivity index (χ2n) is 4.54. The van der Waals surface area contributed by atoms with Gasteiger partial charge in [-0.2, -0.15) is 0 Å². The molecule has 0 aromatic heterocycles. The molecule has 2 aromatic rings. The smallest absolute Gasteiger partial charge is 0.161 e. The Morgan fingerprint density at radius 2 is 1.60 bits per heavy atom. The molecule has 0 spiro atoms. The number of rotatable bonds is 7. The number of benzene rings is 2. The highest BCUT2D eigenvalue weighted by molar-refractivity contribution is 5.39. The van der Waals surface area contributed by atoms with E-state index in [0.29, 0.717) is 13.0 Å². The van der Waals surface area contributed by atoms with Crippen LogP contribution in [0.3, 0.4) is 0 Å². The van der Waals surface area contributed by atoms with Gasteiger partial charge in [-0.25, -0.2) is 0 Å². The van der Waals surface area contributed by atoms with Gasteiger partial charge in [0.15, 0.2) is 11.5 Å². The second kappa shape index (κ2) is 7.56. The van der Waals surface area contributed by atoms with E-state index in [0.717, 1.165) is 23.5 Å². The number of methoxy groups -OCH3 is 1. The Morgan fingerprint density at radius 3 is 2.30 bits per heavy atom. The summed E-state index contributed by atoms with van der Waals surface area (Å²) >= 11 is 0. The van der Waals surface area contributed by atoms with Gasteiger partial charge in [-0.3, -0.25) is 0 Å². The zero-order valence-electron chi connectivity index (χ0n) is 11.7. The Bertz CT molecular complexity index is 537. The van der Waals surface area contributed by atoms with Gasteiger partial charge >= 0.3 is 0 Å². The fraction of sp³-hybridized carbons (Fsp3) is 0.294. The summed E-state index contributed by atoms with van der Waals surface area (Å²) in [5.41, 5.74) is 2.37. The first-order valence-corrected chi connectivity index (χ1v) is 6.78. The average molecular weight is 272 g/mol. The van der Waals surface area contributed by atoms with Crippen LogP contribution in [-0.4, -0.2) is 25.4 Å². The van der Waals surface area contributed by atoms with Crippen LogP contribution in [0.15, 0.2) is 48.5 Å². The second-order valence-corrected chi connectivity index (χ2v) is 4.54. The van der Waals surface area contributed by atoms with Crippen molar-refractivity contribution in [1.82, 2.24) is 0 Å². The molecule has 3 nitrogen and oxygen atoms in total. The third-order valence-corrected chi connectivity index (χ3v) is 3.11. The Kier molecular flexibility index (Phi) is 5.44. The van der Waals surface area contributed by atoms with E-state index in [-0.39, 0.29) is 6.61 Å². The summed E-state index contributed by atoms with van der Waals surface area (Å²) in [6, 6.07) is 15.9. The highest BCUT2D eigenvalue weighted by Gasteiger charge is 2.02. The molecule has 2 aromatic carbocycles. The maximum Gasteiger partial charge on any atom is 0.161 e. The molecule has 0 fully saturated rings. The molecule has 0 aliphatic heterocycles. The predicted molar refractivity (Wildman–Crippen MR) is 79.4 cm³/mol. The Hall–Kier alpha value is -2.00. The van der Waals surface area contributed by atoms with Crippen molar-refractivity contribution in [2.45, 2.75) is 12.8 Å². The van der Waals surface area contributed by atoms with Crippen molar-refractivity contribution in [3.63, 3.8) is 0 Å². The SMILES string of the molecule is COc1ccccc1OCCc1cccc(CCO)c1. The van der Waals surface area contributed by atoms with E-state index in [4.69, 9.17) is 14.6 Å². The molecule has 0 saturated carbocycles. The maximum absolute atomic E-state index is 8.95. The molecule has 0 atom stereocenters. The van der Waals surface area contributed by atoms with Crippen molar-refractivity contribution in [3.05, 3.63) is 59.7 Å². The summed E-state index contributed by atoms with van der Waals surface area (Å²) in [4.78, 5) is 0. The Morgan fingerprint density at radius 1 is 0.900 bits per heavy atom. The highest BCUT2D eigenvalue weighted by atomic mass is 16.5. The molecule has 0 radical (unpaired) electrons. The number of hydrogen-bond acceptors (Lipinski definition) is 3. The van der Waals surface area contributed by atoms with Gasteiger partial charge in [-0.1, -0.05) is 36.4 Å². The van der Waals surface area contributed by atoms with Crippen LogP contribution in [-0.2, 0) is 12.8 Å². The number of aliphatic hydroxyl groups excluding tert-OH is 1. The lowest BCUT2D eigenvalue weighted by atomic mass is 10.1. The summed E-state index contributed by atoms with van der Waals surface area (Å²) in [6.07, 6.45) is 1.53. The van der Waals surface area contributed by atoms with E-state index in [1.165, 1.54) is 5.56 Å². The largest absolute Gasteiger partial charge is 0.493 e. The molecular weight excluding hydrogens is 252 g/mol. The minimum atomic E-state index is 0.182. The monoisotopic (exact) mass is 272 g/mol. The van der Waals surface area contributed by atoms with Crippen LogP contribution in [0.1, 0.15) is 11.1 Å². The molecule has 0 unspecified atom stereocenters. The lowest BCUT2D eigenvalue weighted by Crippen LogP contribution is -2.03. The van der Waals surface area contributed by atoms with Gasteiger partial charge in [0.05, 0.1) is 13.7 Å². The van der Waals surface area contributed by atoms with Crippen LogP contribution in [0.5, 0.6) is 11.5 Å². The molecule has 106 valence electrons. The van der Waals surface area contributed by atoms with Gasteiger partial charge in [0.2, 0.25) is 0 Å². The van der Waals surface area contributed by atoms with Crippen LogP contribution in [0.4, 0.5) is 0 Å². The molecule has 0 bridgehead atoms. The molecule has 0 heterocycles. The predicted octanol–water partition coefficient (Wildman–Crippen LogP) is 2.85. The Balaban J connectivity index is 1.91. The zero-order chi connectivity index (χ0) is 14.2. The van der Waals surface area contributed by atoms with Gasteiger partial charge in [0.25, 0.3) is 0 Å². The lowest BCUT2D eigenvalue weighted by Gasteiger charge is -2.10. The summed E-state index contributed by atoms with van der Waals surface area (Å²) in [6.45, 7) is 0.782. The van der Waals surface area contributed by atoms with E-state index in [9.17, 15) is 0 Å². The van der Waals surface area contributed by atoms with Gasteiger partial charge in [-0.05, 0) is 29.7 Å². The maximum atomic E-state index is 8.95. The topological polar surface area (TPSA) is 38.7 Å². The van der Waals surface area contributed by atoms with E-state index in [2.05, 4.69) is 12.1 Å². The van der Waals surface area contributed by atoms with Gasteiger partial charge in [0.1, 0.15) is 0 Å². The standard InChI is InChI=1S/C17H20O3/c1-19-16-7-2-3-8-17(16)20-12-10-15-6-4-5-14(13-15)9-11-18/h2-8,13,18H,9-12H2,1H3. The van der Waals surface area contributed by atoms with Crippen LogP contribution in [0, 0.1) is 0 Å². The first-order chi connectivity index (χ1) is 9.83. The summed E-state index contributed by atoms with van der Waals surface area (Å²) in [7, 11) is 1.64. The number of para-hydroxylation sites is 2. The fourth-order valence-corrected chi connectivity index (χ4v) is 2.09. The zero-order valence-corrected chi connectivity index (χ0v) is 11.7. The van der Waals surface area contributed by atoms with E-state index >= 15 is 0 Å². The van der Waals surface area contributed by atoms with Crippen molar-refractivity contribution < 1.29 is 14.6 Å². The third kappa shape index (κ3) is 4.00. The lowest BCUT2D eigenvalue weighted by molar-refractivity contribution is 0.297. The van der Waals surface area contributed by atoms with Crippen LogP contribution >= 0.6 is 0 Å². The van der Waals surface area contributed by atoms with Crippen molar-refractivity contribution in [1.29, 1.82) is 0 Å².